The smallest absolute Gasteiger partial charge is 0.256 e. The van der Waals surface area contributed by atoms with Crippen LogP contribution in [0.25, 0.3) is 5.57 Å². The maximum absolute atomic E-state index is 11.2. The van der Waals surface area contributed by atoms with Crippen LogP contribution in [-0.2, 0) is 0 Å². The monoisotopic (exact) mass is 148 g/mol. The van der Waals surface area contributed by atoms with Gasteiger partial charge in [0.25, 0.3) is 5.91 Å². The number of imidazole rings is 1. The summed E-state index contributed by atoms with van der Waals surface area (Å²) in [5.41, 5.74) is 1.92. The average molecular weight is 148 g/mol. The summed E-state index contributed by atoms with van der Waals surface area (Å²) in [6.07, 6.45) is 3.36. The molecule has 0 N–H and O–H groups in total. The highest BCUT2D eigenvalue weighted by atomic mass is 16.2. The summed E-state index contributed by atoms with van der Waals surface area (Å²) in [6.45, 7) is 3.74. The largest absolute Gasteiger partial charge is 0.269 e. The number of fused-ring (bicyclic) bond motifs is 1. The van der Waals surface area contributed by atoms with Crippen LogP contribution in [0.5, 0.6) is 0 Å². The Balaban J connectivity index is 2.73. The number of aryl methyl sites for hydroxylation is 1. The molecule has 0 unspecified atom stereocenters. The minimum absolute atomic E-state index is 0.0208. The second-order valence-electron chi connectivity index (χ2n) is 2.69. The van der Waals surface area contributed by atoms with Gasteiger partial charge in [0.05, 0.1) is 11.9 Å². The summed E-state index contributed by atoms with van der Waals surface area (Å²) >= 11 is 0. The van der Waals surface area contributed by atoms with Crippen molar-refractivity contribution in [3.8, 4) is 0 Å². The maximum Gasteiger partial charge on any atom is 0.256 e. The summed E-state index contributed by atoms with van der Waals surface area (Å²) in [5, 5.41) is 0. The van der Waals surface area contributed by atoms with Crippen molar-refractivity contribution >= 4 is 11.5 Å². The Labute approximate surface area is 64.4 Å². The van der Waals surface area contributed by atoms with Gasteiger partial charge in [0.1, 0.15) is 5.82 Å². The number of rotatable bonds is 0. The Hall–Kier alpha value is -1.38. The zero-order valence-corrected chi connectivity index (χ0v) is 6.46. The lowest BCUT2D eigenvalue weighted by Gasteiger charge is -1.95. The van der Waals surface area contributed by atoms with Gasteiger partial charge in [-0.2, -0.15) is 0 Å². The molecule has 0 aliphatic carbocycles. The van der Waals surface area contributed by atoms with Gasteiger partial charge in [0, 0.05) is 6.08 Å². The van der Waals surface area contributed by atoms with E-state index < -0.39 is 0 Å². The number of carbonyl (C=O) groups is 1. The van der Waals surface area contributed by atoms with Gasteiger partial charge in [-0.15, -0.1) is 0 Å². The van der Waals surface area contributed by atoms with Crippen LogP contribution >= 0.6 is 0 Å². The molecule has 0 radical (unpaired) electrons. The second-order valence-corrected chi connectivity index (χ2v) is 2.69. The molecule has 1 aromatic rings. The molecule has 1 aromatic heterocycles. The van der Waals surface area contributed by atoms with Crippen molar-refractivity contribution in [2.45, 2.75) is 13.8 Å². The number of allylic oxidation sites excluding steroid dienone is 2. The summed E-state index contributed by atoms with van der Waals surface area (Å²) in [5.74, 6) is 0.783. The number of hydrogen-bond acceptors (Lipinski definition) is 2. The van der Waals surface area contributed by atoms with E-state index in [0.29, 0.717) is 0 Å². The summed E-state index contributed by atoms with van der Waals surface area (Å²) in [4.78, 5) is 15.2. The summed E-state index contributed by atoms with van der Waals surface area (Å²) in [7, 11) is 0. The van der Waals surface area contributed by atoms with E-state index in [-0.39, 0.29) is 5.91 Å². The van der Waals surface area contributed by atoms with Gasteiger partial charge in [0.15, 0.2) is 0 Å². The third-order valence-corrected chi connectivity index (χ3v) is 1.90. The van der Waals surface area contributed by atoms with Crippen LogP contribution in [0.2, 0.25) is 0 Å². The first-order valence-corrected chi connectivity index (χ1v) is 3.47. The van der Waals surface area contributed by atoms with Gasteiger partial charge >= 0.3 is 0 Å². The molecule has 3 nitrogen and oxygen atoms in total. The first-order chi connectivity index (χ1) is 5.20. The Bertz CT molecular complexity index is 360. The maximum atomic E-state index is 11.2. The van der Waals surface area contributed by atoms with Crippen LogP contribution in [-0.4, -0.2) is 15.5 Å². The Morgan fingerprint density at radius 2 is 2.18 bits per heavy atom. The molecule has 0 saturated carbocycles. The SMILES string of the molecule is CC1=CC(=O)n2c1cnc2C. The Kier molecular flexibility index (Phi) is 1.04. The van der Waals surface area contributed by atoms with Crippen LogP contribution in [0.3, 0.4) is 0 Å². The van der Waals surface area contributed by atoms with Crippen LogP contribution in [0.4, 0.5) is 0 Å². The number of nitrogens with zero attached hydrogens (tertiary/aromatic N) is 2. The van der Waals surface area contributed by atoms with Gasteiger partial charge in [-0.25, -0.2) is 4.98 Å². The quantitative estimate of drug-likeness (QED) is 0.555. The van der Waals surface area contributed by atoms with E-state index in [9.17, 15) is 4.79 Å². The molecule has 0 bridgehead atoms. The average Bonchev–Trinajstić information content (AvgIpc) is 2.41. The first-order valence-electron chi connectivity index (χ1n) is 3.47. The molecule has 2 rings (SSSR count). The van der Waals surface area contributed by atoms with E-state index in [1.54, 1.807) is 16.8 Å². The van der Waals surface area contributed by atoms with Crippen LogP contribution in [0, 0.1) is 6.92 Å². The van der Waals surface area contributed by atoms with Gasteiger partial charge in [-0.3, -0.25) is 9.36 Å². The molecule has 1 aliphatic heterocycles. The second kappa shape index (κ2) is 1.81. The van der Waals surface area contributed by atoms with Crippen molar-refractivity contribution in [3.63, 3.8) is 0 Å². The molecule has 0 amide bonds. The molecular formula is C8H8N2O. The van der Waals surface area contributed by atoms with E-state index in [4.69, 9.17) is 0 Å². The standard InChI is InChI=1S/C8H8N2O/c1-5-3-8(11)10-6(2)9-4-7(5)10/h3-4H,1-2H3. The minimum atomic E-state index is 0.0208. The normalized spacial score (nSPS) is 15.1. The molecule has 2 heterocycles. The Morgan fingerprint density at radius 1 is 1.45 bits per heavy atom. The third kappa shape index (κ3) is 0.677. The van der Waals surface area contributed by atoms with Gasteiger partial charge < -0.3 is 0 Å². The zero-order chi connectivity index (χ0) is 8.01. The van der Waals surface area contributed by atoms with Crippen molar-refractivity contribution in [1.29, 1.82) is 0 Å². The van der Waals surface area contributed by atoms with Crippen molar-refractivity contribution in [3.05, 3.63) is 23.8 Å². The molecule has 0 atom stereocenters. The van der Waals surface area contributed by atoms with Gasteiger partial charge in [-0.05, 0) is 19.4 Å². The van der Waals surface area contributed by atoms with E-state index in [1.807, 2.05) is 13.8 Å². The Morgan fingerprint density at radius 3 is 2.82 bits per heavy atom. The van der Waals surface area contributed by atoms with Gasteiger partial charge in [-0.1, -0.05) is 0 Å². The highest BCUT2D eigenvalue weighted by Gasteiger charge is 2.19. The number of carbonyl (C=O) groups excluding carboxylic acids is 1. The number of hydrogen-bond donors (Lipinski definition) is 0. The molecule has 0 saturated heterocycles. The molecule has 56 valence electrons. The molecule has 1 aliphatic rings. The summed E-state index contributed by atoms with van der Waals surface area (Å²) in [6, 6.07) is 0. The van der Waals surface area contributed by atoms with Crippen molar-refractivity contribution in [2.75, 3.05) is 0 Å². The fourth-order valence-corrected chi connectivity index (χ4v) is 1.32. The van der Waals surface area contributed by atoms with Crippen molar-refractivity contribution in [1.82, 2.24) is 9.55 Å². The van der Waals surface area contributed by atoms with Crippen LogP contribution in [0.1, 0.15) is 23.2 Å². The highest BCUT2D eigenvalue weighted by molar-refractivity contribution is 6.02. The predicted octanol–water partition coefficient (Wildman–Crippen LogP) is 1.25. The molecule has 0 fully saturated rings. The number of aromatic nitrogens is 2. The van der Waals surface area contributed by atoms with E-state index in [0.717, 1.165) is 17.1 Å². The van der Waals surface area contributed by atoms with E-state index in [2.05, 4.69) is 4.98 Å². The van der Waals surface area contributed by atoms with Crippen molar-refractivity contribution < 1.29 is 4.79 Å². The van der Waals surface area contributed by atoms with E-state index >= 15 is 0 Å². The molecule has 0 aromatic carbocycles. The molecule has 11 heavy (non-hydrogen) atoms. The topological polar surface area (TPSA) is 34.9 Å². The molecular weight excluding hydrogens is 140 g/mol. The molecule has 0 spiro atoms. The van der Waals surface area contributed by atoms with Gasteiger partial charge in [0.2, 0.25) is 0 Å². The van der Waals surface area contributed by atoms with Crippen molar-refractivity contribution in [2.24, 2.45) is 0 Å². The van der Waals surface area contributed by atoms with E-state index in [1.165, 1.54) is 0 Å². The fraction of sp³-hybridized carbons (Fsp3) is 0.250. The first kappa shape index (κ1) is 6.34. The lowest BCUT2D eigenvalue weighted by molar-refractivity contribution is 0.0972. The summed E-state index contributed by atoms with van der Waals surface area (Å²) < 4.78 is 1.62. The zero-order valence-electron chi connectivity index (χ0n) is 6.46. The predicted molar refractivity (Wildman–Crippen MR) is 41.2 cm³/mol. The third-order valence-electron chi connectivity index (χ3n) is 1.90. The van der Waals surface area contributed by atoms with Crippen LogP contribution in [0.15, 0.2) is 12.3 Å². The highest BCUT2D eigenvalue weighted by Crippen LogP contribution is 2.21. The van der Waals surface area contributed by atoms with Crippen LogP contribution < -0.4 is 0 Å². The lowest BCUT2D eigenvalue weighted by atomic mass is 10.2. The molecule has 3 heteroatoms. The minimum Gasteiger partial charge on any atom is -0.269 e. The lowest BCUT2D eigenvalue weighted by Crippen LogP contribution is -2.05. The fourth-order valence-electron chi connectivity index (χ4n) is 1.32.